The van der Waals surface area contributed by atoms with Crippen LogP contribution < -0.4 is 4.90 Å². The molecule has 3 nitrogen and oxygen atoms in total. The minimum Gasteiger partial charge on any atom is -0.456 e. The van der Waals surface area contributed by atoms with Gasteiger partial charge in [0.15, 0.2) is 0 Å². The molecule has 10 rings (SSSR count). The molecular formula is C48H31NO2. The first-order chi connectivity index (χ1) is 25.3. The second-order valence-electron chi connectivity index (χ2n) is 12.9. The van der Waals surface area contributed by atoms with Crippen molar-refractivity contribution in [3.63, 3.8) is 0 Å². The van der Waals surface area contributed by atoms with Crippen LogP contribution in [0.5, 0.6) is 0 Å². The summed E-state index contributed by atoms with van der Waals surface area (Å²) in [5.74, 6) is 0. The summed E-state index contributed by atoms with van der Waals surface area (Å²) in [6.07, 6.45) is 0. The molecular weight excluding hydrogens is 623 g/mol. The van der Waals surface area contributed by atoms with Crippen molar-refractivity contribution in [1.29, 1.82) is 0 Å². The van der Waals surface area contributed by atoms with Crippen LogP contribution in [0.25, 0.3) is 77.3 Å². The van der Waals surface area contributed by atoms with Gasteiger partial charge >= 0.3 is 0 Å². The lowest BCUT2D eigenvalue weighted by atomic mass is 9.96. The predicted molar refractivity (Wildman–Crippen MR) is 212 cm³/mol. The van der Waals surface area contributed by atoms with Crippen LogP contribution in [0.4, 0.5) is 17.1 Å². The maximum absolute atomic E-state index is 6.72. The molecule has 0 unspecified atom stereocenters. The van der Waals surface area contributed by atoms with Crippen LogP contribution >= 0.6 is 0 Å². The third-order valence-electron chi connectivity index (χ3n) is 9.85. The third kappa shape index (κ3) is 4.98. The smallest absolute Gasteiger partial charge is 0.144 e. The van der Waals surface area contributed by atoms with Gasteiger partial charge in [-0.15, -0.1) is 0 Å². The summed E-state index contributed by atoms with van der Waals surface area (Å²) < 4.78 is 13.2. The molecule has 3 heteroatoms. The van der Waals surface area contributed by atoms with E-state index in [1.54, 1.807) is 0 Å². The van der Waals surface area contributed by atoms with Gasteiger partial charge in [-0.3, -0.25) is 0 Å². The van der Waals surface area contributed by atoms with E-state index >= 15 is 0 Å². The minimum atomic E-state index is 0.850. The predicted octanol–water partition coefficient (Wildman–Crippen LogP) is 14.0. The summed E-state index contributed by atoms with van der Waals surface area (Å²) in [6.45, 7) is 0. The van der Waals surface area contributed by atoms with Crippen molar-refractivity contribution in [2.75, 3.05) is 4.90 Å². The summed E-state index contributed by atoms with van der Waals surface area (Å²) in [5, 5.41) is 4.26. The molecule has 0 saturated carbocycles. The molecule has 0 N–H and O–H groups in total. The second-order valence-corrected chi connectivity index (χ2v) is 12.9. The Morgan fingerprint density at radius 1 is 0.314 bits per heavy atom. The molecule has 8 aromatic carbocycles. The molecule has 240 valence electrons. The number of anilines is 3. The number of fused-ring (bicyclic) bond motifs is 6. The summed E-state index contributed by atoms with van der Waals surface area (Å²) >= 11 is 0. The van der Waals surface area contributed by atoms with E-state index in [0.717, 1.165) is 83.2 Å². The number of benzene rings is 8. The molecule has 0 radical (unpaired) electrons. The van der Waals surface area contributed by atoms with Crippen molar-refractivity contribution in [3.05, 3.63) is 188 Å². The zero-order chi connectivity index (χ0) is 33.7. The maximum Gasteiger partial charge on any atom is 0.144 e. The SMILES string of the molecule is c1ccc(-c2ccc(N(c3ccccc3)c3cccc(-c4ccc5oc6c(-c7ccccc7)c7c(cc6c5c4)oc4ccccc47)c3)cc2)cc1. The average Bonchev–Trinajstić information content (AvgIpc) is 3.76. The number of furan rings is 2. The molecule has 0 aliphatic heterocycles. The zero-order valence-corrected chi connectivity index (χ0v) is 27.7. The van der Waals surface area contributed by atoms with Gasteiger partial charge in [0.05, 0.1) is 0 Å². The highest BCUT2D eigenvalue weighted by atomic mass is 16.3. The van der Waals surface area contributed by atoms with Gasteiger partial charge in [0, 0.05) is 44.2 Å². The average molecular weight is 654 g/mol. The van der Waals surface area contributed by atoms with E-state index in [2.05, 4.69) is 175 Å². The van der Waals surface area contributed by atoms with Gasteiger partial charge in [-0.2, -0.15) is 0 Å². The molecule has 0 amide bonds. The fourth-order valence-electron chi connectivity index (χ4n) is 7.46. The molecule has 0 spiro atoms. The van der Waals surface area contributed by atoms with Crippen LogP contribution in [-0.2, 0) is 0 Å². The molecule has 0 aliphatic carbocycles. The summed E-state index contributed by atoms with van der Waals surface area (Å²) in [7, 11) is 0. The van der Waals surface area contributed by atoms with Gasteiger partial charge in [0.25, 0.3) is 0 Å². The maximum atomic E-state index is 6.72. The van der Waals surface area contributed by atoms with Crippen LogP contribution in [0, 0.1) is 0 Å². The number of hydrogen-bond acceptors (Lipinski definition) is 3. The molecule has 0 atom stereocenters. The third-order valence-corrected chi connectivity index (χ3v) is 9.85. The van der Waals surface area contributed by atoms with Crippen molar-refractivity contribution in [2.45, 2.75) is 0 Å². The molecule has 51 heavy (non-hydrogen) atoms. The van der Waals surface area contributed by atoms with E-state index in [-0.39, 0.29) is 0 Å². The fourth-order valence-corrected chi connectivity index (χ4v) is 7.46. The van der Waals surface area contributed by atoms with Gasteiger partial charge in [0.2, 0.25) is 0 Å². The highest BCUT2D eigenvalue weighted by Crippen LogP contribution is 2.46. The van der Waals surface area contributed by atoms with Crippen LogP contribution in [0.1, 0.15) is 0 Å². The van der Waals surface area contributed by atoms with E-state index in [9.17, 15) is 0 Å². The first-order valence-corrected chi connectivity index (χ1v) is 17.3. The minimum absolute atomic E-state index is 0.850. The van der Waals surface area contributed by atoms with Gasteiger partial charge in [-0.25, -0.2) is 0 Å². The normalized spacial score (nSPS) is 11.5. The van der Waals surface area contributed by atoms with Crippen molar-refractivity contribution in [3.8, 4) is 33.4 Å². The highest BCUT2D eigenvalue weighted by molar-refractivity contribution is 6.23. The highest BCUT2D eigenvalue weighted by Gasteiger charge is 2.21. The Balaban J connectivity index is 1.12. The van der Waals surface area contributed by atoms with E-state index < -0.39 is 0 Å². The molecule has 0 bridgehead atoms. The zero-order valence-electron chi connectivity index (χ0n) is 27.7. The number of para-hydroxylation sites is 2. The lowest BCUT2D eigenvalue weighted by Crippen LogP contribution is -2.09. The van der Waals surface area contributed by atoms with Crippen molar-refractivity contribution in [2.24, 2.45) is 0 Å². The molecule has 2 heterocycles. The van der Waals surface area contributed by atoms with E-state index in [0.29, 0.717) is 0 Å². The van der Waals surface area contributed by atoms with Crippen LogP contribution in [-0.4, -0.2) is 0 Å². The summed E-state index contributed by atoms with van der Waals surface area (Å²) in [6, 6.07) is 66.0. The lowest BCUT2D eigenvalue weighted by Gasteiger charge is -2.26. The van der Waals surface area contributed by atoms with Crippen LogP contribution in [0.15, 0.2) is 197 Å². The fraction of sp³-hybridized carbons (Fsp3) is 0. The standard InChI is InChI=1S/C48H31NO2/c1-4-13-32(14-5-1)33-23-26-38(27-24-33)49(37-18-8-3-9-19-37)39-20-12-17-35(29-39)36-25-28-44-41(30-36)42-31-45-47(40-21-10-11-22-43(40)50-45)46(48(42)51-44)34-15-6-2-7-16-34/h1-31H. The number of hydrogen-bond donors (Lipinski definition) is 0. The molecule has 10 aromatic rings. The first kappa shape index (κ1) is 29.1. The Hall–Kier alpha value is -6.84. The number of rotatable bonds is 6. The van der Waals surface area contributed by atoms with Gasteiger partial charge in [0.1, 0.15) is 22.3 Å². The summed E-state index contributed by atoms with van der Waals surface area (Å²) in [5.41, 5.74) is 13.5. The van der Waals surface area contributed by atoms with Crippen molar-refractivity contribution < 1.29 is 8.83 Å². The van der Waals surface area contributed by atoms with E-state index in [1.165, 1.54) is 11.1 Å². The Bertz CT molecular complexity index is 2830. The van der Waals surface area contributed by atoms with Gasteiger partial charge in [-0.1, -0.05) is 127 Å². The van der Waals surface area contributed by atoms with Crippen molar-refractivity contribution >= 4 is 60.9 Å². The molecule has 2 aromatic heterocycles. The van der Waals surface area contributed by atoms with Crippen LogP contribution in [0.2, 0.25) is 0 Å². The lowest BCUT2D eigenvalue weighted by molar-refractivity contribution is 0.664. The Morgan fingerprint density at radius 2 is 0.882 bits per heavy atom. The molecule has 0 aliphatic rings. The largest absolute Gasteiger partial charge is 0.456 e. The summed E-state index contributed by atoms with van der Waals surface area (Å²) in [4.78, 5) is 2.31. The molecule has 0 fully saturated rings. The first-order valence-electron chi connectivity index (χ1n) is 17.3. The van der Waals surface area contributed by atoms with Gasteiger partial charge in [-0.05, 0) is 88.5 Å². The van der Waals surface area contributed by atoms with Crippen LogP contribution in [0.3, 0.4) is 0 Å². The Labute approximate surface area is 295 Å². The Morgan fingerprint density at radius 3 is 1.67 bits per heavy atom. The van der Waals surface area contributed by atoms with Gasteiger partial charge < -0.3 is 13.7 Å². The quantitative estimate of drug-likeness (QED) is 0.179. The second kappa shape index (κ2) is 11.9. The monoisotopic (exact) mass is 653 g/mol. The molecule has 0 saturated heterocycles. The van der Waals surface area contributed by atoms with E-state index in [4.69, 9.17) is 8.83 Å². The number of nitrogens with zero attached hydrogens (tertiary/aromatic N) is 1. The topological polar surface area (TPSA) is 29.5 Å². The van der Waals surface area contributed by atoms with E-state index in [1.807, 2.05) is 18.2 Å². The van der Waals surface area contributed by atoms with Crippen molar-refractivity contribution in [1.82, 2.24) is 0 Å². The Kier molecular flexibility index (Phi) is 6.81.